The van der Waals surface area contributed by atoms with Crippen LogP contribution in [0.3, 0.4) is 0 Å². The molecule has 3 aromatic rings. The molecule has 0 fully saturated rings. The van der Waals surface area contributed by atoms with Crippen molar-refractivity contribution in [2.75, 3.05) is 6.54 Å². The molecule has 0 bridgehead atoms. The van der Waals surface area contributed by atoms with Crippen LogP contribution in [0.4, 0.5) is 0 Å². The lowest BCUT2D eigenvalue weighted by Crippen LogP contribution is -2.12. The molecule has 2 aromatic heterocycles. The summed E-state index contributed by atoms with van der Waals surface area (Å²) in [6.45, 7) is 3.80. The van der Waals surface area contributed by atoms with Crippen molar-refractivity contribution in [1.29, 1.82) is 0 Å². The lowest BCUT2D eigenvalue weighted by molar-refractivity contribution is 0.483. The number of hydrogen-bond acceptors (Lipinski definition) is 3. The van der Waals surface area contributed by atoms with Gasteiger partial charge in [0.05, 0.1) is 18.3 Å². The van der Waals surface area contributed by atoms with E-state index < -0.39 is 0 Å². The van der Waals surface area contributed by atoms with Crippen molar-refractivity contribution in [3.05, 3.63) is 65.7 Å². The molecule has 102 valence electrons. The molecule has 0 saturated heterocycles. The van der Waals surface area contributed by atoms with Crippen LogP contribution in [0.1, 0.15) is 23.9 Å². The number of hydrogen-bond donors (Lipinski definition) is 1. The number of rotatable bonds is 5. The molecule has 3 rings (SSSR count). The van der Waals surface area contributed by atoms with Crippen LogP contribution < -0.4 is 5.32 Å². The van der Waals surface area contributed by atoms with Crippen LogP contribution in [0.25, 0.3) is 10.9 Å². The Morgan fingerprint density at radius 2 is 2.00 bits per heavy atom. The maximum atomic E-state index is 5.54. The Bertz CT molecular complexity index is 703. The smallest absolute Gasteiger partial charge is 0.121 e. The predicted molar refractivity (Wildman–Crippen MR) is 80.6 cm³/mol. The van der Waals surface area contributed by atoms with Crippen molar-refractivity contribution < 1.29 is 4.42 Å². The third kappa shape index (κ3) is 2.73. The third-order valence-electron chi connectivity index (χ3n) is 3.40. The molecule has 20 heavy (non-hydrogen) atoms. The standard InChI is InChI=1S/C17H18N2O/c1-2-18-12-17-14(9-10-20-17)11-15-8-7-13-5-3-4-6-16(13)19-15/h3-10,18H,2,11-12H2,1H3. The van der Waals surface area contributed by atoms with Crippen molar-refractivity contribution in [2.45, 2.75) is 19.9 Å². The van der Waals surface area contributed by atoms with Gasteiger partial charge in [-0.3, -0.25) is 4.98 Å². The first kappa shape index (κ1) is 12.9. The summed E-state index contributed by atoms with van der Waals surface area (Å²) in [7, 11) is 0. The normalized spacial score (nSPS) is 11.1. The van der Waals surface area contributed by atoms with Gasteiger partial charge in [0, 0.05) is 23.1 Å². The molecule has 0 aliphatic carbocycles. The second-order valence-corrected chi connectivity index (χ2v) is 4.82. The highest BCUT2D eigenvalue weighted by molar-refractivity contribution is 5.78. The average molecular weight is 266 g/mol. The van der Waals surface area contributed by atoms with Crippen LogP contribution in [-0.4, -0.2) is 11.5 Å². The topological polar surface area (TPSA) is 38.1 Å². The average Bonchev–Trinajstić information content (AvgIpc) is 2.92. The Labute approximate surface area is 118 Å². The van der Waals surface area contributed by atoms with Gasteiger partial charge in [-0.2, -0.15) is 0 Å². The quantitative estimate of drug-likeness (QED) is 0.767. The van der Waals surface area contributed by atoms with Crippen LogP contribution in [0.2, 0.25) is 0 Å². The zero-order chi connectivity index (χ0) is 13.8. The summed E-state index contributed by atoms with van der Waals surface area (Å²) < 4.78 is 5.54. The highest BCUT2D eigenvalue weighted by Gasteiger charge is 2.08. The molecule has 0 aliphatic rings. The fourth-order valence-corrected chi connectivity index (χ4v) is 2.32. The summed E-state index contributed by atoms with van der Waals surface area (Å²) in [5, 5.41) is 4.47. The first-order valence-corrected chi connectivity index (χ1v) is 6.97. The van der Waals surface area contributed by atoms with Crippen molar-refractivity contribution in [1.82, 2.24) is 10.3 Å². The van der Waals surface area contributed by atoms with Gasteiger partial charge >= 0.3 is 0 Å². The maximum Gasteiger partial charge on any atom is 0.121 e. The molecule has 0 spiro atoms. The molecule has 3 nitrogen and oxygen atoms in total. The molecule has 0 saturated carbocycles. The van der Waals surface area contributed by atoms with Gasteiger partial charge in [-0.05, 0) is 24.7 Å². The molecule has 0 unspecified atom stereocenters. The highest BCUT2D eigenvalue weighted by atomic mass is 16.3. The molecule has 1 N–H and O–H groups in total. The molecule has 1 aromatic carbocycles. The minimum absolute atomic E-state index is 0.770. The van der Waals surface area contributed by atoms with Crippen molar-refractivity contribution in [2.24, 2.45) is 0 Å². The number of nitrogens with one attached hydrogen (secondary N) is 1. The van der Waals surface area contributed by atoms with E-state index >= 15 is 0 Å². The van der Waals surface area contributed by atoms with Crippen molar-refractivity contribution >= 4 is 10.9 Å². The van der Waals surface area contributed by atoms with E-state index in [2.05, 4.69) is 30.4 Å². The lowest BCUT2D eigenvalue weighted by atomic mass is 10.1. The van der Waals surface area contributed by atoms with Gasteiger partial charge in [0.2, 0.25) is 0 Å². The van der Waals surface area contributed by atoms with Gasteiger partial charge in [0.15, 0.2) is 0 Å². The first-order valence-electron chi connectivity index (χ1n) is 6.97. The number of benzene rings is 1. The number of aromatic nitrogens is 1. The van der Waals surface area contributed by atoms with E-state index in [1.54, 1.807) is 6.26 Å². The Morgan fingerprint density at radius 1 is 1.10 bits per heavy atom. The van der Waals surface area contributed by atoms with E-state index in [4.69, 9.17) is 9.40 Å². The Kier molecular flexibility index (Phi) is 3.79. The minimum atomic E-state index is 0.770. The highest BCUT2D eigenvalue weighted by Crippen LogP contribution is 2.17. The van der Waals surface area contributed by atoms with E-state index in [0.29, 0.717) is 0 Å². The fourth-order valence-electron chi connectivity index (χ4n) is 2.32. The monoisotopic (exact) mass is 266 g/mol. The third-order valence-corrected chi connectivity index (χ3v) is 3.40. The van der Waals surface area contributed by atoms with Gasteiger partial charge in [-0.25, -0.2) is 0 Å². The molecule has 0 amide bonds. The number of para-hydroxylation sites is 1. The van der Waals surface area contributed by atoms with Crippen LogP contribution in [0.5, 0.6) is 0 Å². The van der Waals surface area contributed by atoms with Crippen LogP contribution in [0, 0.1) is 0 Å². The fraction of sp³-hybridized carbons (Fsp3) is 0.235. The first-order chi connectivity index (χ1) is 9.86. The number of fused-ring (bicyclic) bond motifs is 1. The summed E-state index contributed by atoms with van der Waals surface area (Å²) >= 11 is 0. The number of furan rings is 1. The molecule has 0 radical (unpaired) electrons. The molecule has 0 aliphatic heterocycles. The number of pyridine rings is 1. The predicted octanol–water partition coefficient (Wildman–Crippen LogP) is 3.53. The van der Waals surface area contributed by atoms with E-state index in [0.717, 1.165) is 36.5 Å². The number of nitrogens with zero attached hydrogens (tertiary/aromatic N) is 1. The minimum Gasteiger partial charge on any atom is -0.468 e. The maximum absolute atomic E-state index is 5.54. The summed E-state index contributed by atoms with van der Waals surface area (Å²) in [6.07, 6.45) is 2.56. The van der Waals surface area contributed by atoms with Gasteiger partial charge in [-0.15, -0.1) is 0 Å². The van der Waals surface area contributed by atoms with Crippen LogP contribution in [-0.2, 0) is 13.0 Å². The molecule has 0 atom stereocenters. The zero-order valence-electron chi connectivity index (χ0n) is 11.6. The summed E-state index contributed by atoms with van der Waals surface area (Å²) in [6, 6.07) is 14.4. The SMILES string of the molecule is CCNCc1occc1Cc1ccc2ccccc2n1. The Morgan fingerprint density at radius 3 is 2.90 bits per heavy atom. The van der Waals surface area contributed by atoms with E-state index in [1.807, 2.05) is 24.3 Å². The molecule has 3 heteroatoms. The van der Waals surface area contributed by atoms with Crippen LogP contribution >= 0.6 is 0 Å². The van der Waals surface area contributed by atoms with Gasteiger partial charge in [-0.1, -0.05) is 31.2 Å². The second kappa shape index (κ2) is 5.88. The molecular formula is C17H18N2O. The summed E-state index contributed by atoms with van der Waals surface area (Å²) in [5.41, 5.74) is 3.32. The van der Waals surface area contributed by atoms with Crippen LogP contribution in [0.15, 0.2) is 53.1 Å². The van der Waals surface area contributed by atoms with Gasteiger partial charge in [0.1, 0.15) is 5.76 Å². The second-order valence-electron chi connectivity index (χ2n) is 4.82. The van der Waals surface area contributed by atoms with Gasteiger partial charge < -0.3 is 9.73 Å². The Hall–Kier alpha value is -2.13. The summed E-state index contributed by atoms with van der Waals surface area (Å²) in [4.78, 5) is 4.71. The van der Waals surface area contributed by atoms with Crippen molar-refractivity contribution in [3.63, 3.8) is 0 Å². The summed E-state index contributed by atoms with van der Waals surface area (Å²) in [5.74, 6) is 1.00. The molecule has 2 heterocycles. The van der Waals surface area contributed by atoms with E-state index in [1.165, 1.54) is 10.9 Å². The van der Waals surface area contributed by atoms with Gasteiger partial charge in [0.25, 0.3) is 0 Å². The largest absolute Gasteiger partial charge is 0.468 e. The zero-order valence-corrected chi connectivity index (χ0v) is 11.6. The lowest BCUT2D eigenvalue weighted by Gasteiger charge is -2.04. The Balaban J connectivity index is 1.84. The van der Waals surface area contributed by atoms with Crippen molar-refractivity contribution in [3.8, 4) is 0 Å². The van der Waals surface area contributed by atoms with E-state index in [-0.39, 0.29) is 0 Å². The van der Waals surface area contributed by atoms with E-state index in [9.17, 15) is 0 Å². The molecular weight excluding hydrogens is 248 g/mol.